The van der Waals surface area contributed by atoms with Gasteiger partial charge in [-0.25, -0.2) is 4.79 Å². The molecule has 0 spiro atoms. The van der Waals surface area contributed by atoms with E-state index in [1.807, 2.05) is 5.32 Å². The standard InChI is InChI=1S/C12H21N5O8/c13-2-9(21)15-6(3-18)11(23)16-5(1-8(14)20)10(22)17-7(4-19)12(24)25/h5-7,18-19H,1-4,13H2,(H2,14,20)(H,15,21)(H,16,23)(H,17,22)(H,24,25)/t5-,6-,7-/m0/s1. The molecule has 0 bridgehead atoms. The van der Waals surface area contributed by atoms with Crippen molar-refractivity contribution >= 4 is 29.6 Å². The van der Waals surface area contributed by atoms with Crippen molar-refractivity contribution in [1.29, 1.82) is 0 Å². The second-order valence-corrected chi connectivity index (χ2v) is 4.82. The minimum atomic E-state index is -1.66. The number of primary amides is 1. The van der Waals surface area contributed by atoms with Crippen LogP contribution in [0.2, 0.25) is 0 Å². The second-order valence-electron chi connectivity index (χ2n) is 4.82. The third-order valence-electron chi connectivity index (χ3n) is 2.86. The van der Waals surface area contributed by atoms with Gasteiger partial charge in [0.05, 0.1) is 26.2 Å². The van der Waals surface area contributed by atoms with Crippen molar-refractivity contribution < 1.29 is 39.3 Å². The zero-order valence-electron chi connectivity index (χ0n) is 13.1. The van der Waals surface area contributed by atoms with Gasteiger partial charge in [0.25, 0.3) is 0 Å². The smallest absolute Gasteiger partial charge is 0.328 e. The maximum atomic E-state index is 12.0. The van der Waals surface area contributed by atoms with E-state index < -0.39 is 73.9 Å². The zero-order valence-corrected chi connectivity index (χ0v) is 13.1. The van der Waals surface area contributed by atoms with Gasteiger partial charge in [0.2, 0.25) is 23.6 Å². The van der Waals surface area contributed by atoms with Crippen LogP contribution in [-0.2, 0) is 24.0 Å². The van der Waals surface area contributed by atoms with Crippen molar-refractivity contribution in [3.8, 4) is 0 Å². The Hall–Kier alpha value is -2.77. The van der Waals surface area contributed by atoms with E-state index in [1.165, 1.54) is 0 Å². The van der Waals surface area contributed by atoms with Crippen LogP contribution < -0.4 is 27.4 Å². The van der Waals surface area contributed by atoms with Gasteiger partial charge >= 0.3 is 5.97 Å². The van der Waals surface area contributed by atoms with Crippen LogP contribution in [0.3, 0.4) is 0 Å². The molecule has 0 aliphatic heterocycles. The summed E-state index contributed by atoms with van der Waals surface area (Å²) in [6.07, 6.45) is -0.682. The van der Waals surface area contributed by atoms with Crippen LogP contribution in [0.15, 0.2) is 0 Å². The highest BCUT2D eigenvalue weighted by Crippen LogP contribution is 1.96. The lowest BCUT2D eigenvalue weighted by atomic mass is 10.1. The molecule has 13 heteroatoms. The molecule has 0 aliphatic carbocycles. The summed E-state index contributed by atoms with van der Waals surface area (Å²) in [6, 6.07) is -4.69. The minimum Gasteiger partial charge on any atom is -0.480 e. The number of amides is 4. The van der Waals surface area contributed by atoms with Crippen LogP contribution in [0.25, 0.3) is 0 Å². The van der Waals surface area contributed by atoms with Gasteiger partial charge in [0.1, 0.15) is 18.1 Å². The molecule has 142 valence electrons. The Morgan fingerprint density at radius 2 is 1.32 bits per heavy atom. The number of carbonyl (C=O) groups excluding carboxylic acids is 4. The van der Waals surface area contributed by atoms with Gasteiger partial charge in [-0.05, 0) is 0 Å². The fraction of sp³-hybridized carbons (Fsp3) is 0.583. The number of carbonyl (C=O) groups is 5. The van der Waals surface area contributed by atoms with E-state index in [1.54, 1.807) is 0 Å². The van der Waals surface area contributed by atoms with E-state index in [9.17, 15) is 24.0 Å². The van der Waals surface area contributed by atoms with Crippen LogP contribution in [-0.4, -0.2) is 82.8 Å². The summed E-state index contributed by atoms with van der Waals surface area (Å²) >= 11 is 0. The fourth-order valence-corrected chi connectivity index (χ4v) is 1.59. The van der Waals surface area contributed by atoms with Crippen LogP contribution in [0.1, 0.15) is 6.42 Å². The fourth-order valence-electron chi connectivity index (χ4n) is 1.59. The number of nitrogens with two attached hydrogens (primary N) is 2. The maximum absolute atomic E-state index is 12.0. The maximum Gasteiger partial charge on any atom is 0.328 e. The topological polar surface area (TPSA) is 234 Å². The Kier molecular flexibility index (Phi) is 9.69. The number of aliphatic hydroxyl groups is 2. The van der Waals surface area contributed by atoms with Crippen LogP contribution in [0.4, 0.5) is 0 Å². The molecule has 0 saturated carbocycles. The highest BCUT2D eigenvalue weighted by Gasteiger charge is 2.30. The molecule has 10 N–H and O–H groups in total. The summed E-state index contributed by atoms with van der Waals surface area (Å²) in [6.45, 7) is -2.20. The largest absolute Gasteiger partial charge is 0.480 e. The van der Waals surface area contributed by atoms with Gasteiger partial charge in [-0.15, -0.1) is 0 Å². The molecule has 0 aromatic rings. The Morgan fingerprint density at radius 1 is 0.840 bits per heavy atom. The molecule has 0 aliphatic rings. The van der Waals surface area contributed by atoms with Crippen LogP contribution in [0.5, 0.6) is 0 Å². The molecule has 13 nitrogen and oxygen atoms in total. The number of carboxylic acid groups (broad SMARTS) is 1. The highest BCUT2D eigenvalue weighted by atomic mass is 16.4. The van der Waals surface area contributed by atoms with E-state index >= 15 is 0 Å². The van der Waals surface area contributed by atoms with Crippen molar-refractivity contribution in [2.24, 2.45) is 11.5 Å². The molecule has 0 unspecified atom stereocenters. The first-order valence-corrected chi connectivity index (χ1v) is 6.99. The molecular formula is C12H21N5O8. The Balaban J connectivity index is 5.10. The van der Waals surface area contributed by atoms with Crippen molar-refractivity contribution in [2.75, 3.05) is 19.8 Å². The lowest BCUT2D eigenvalue weighted by molar-refractivity contribution is -0.143. The highest BCUT2D eigenvalue weighted by molar-refractivity contribution is 5.95. The molecule has 0 saturated heterocycles. The Bertz CT molecular complexity index is 526. The van der Waals surface area contributed by atoms with Crippen molar-refractivity contribution in [1.82, 2.24) is 16.0 Å². The van der Waals surface area contributed by atoms with E-state index in [-0.39, 0.29) is 0 Å². The number of hydrogen-bond acceptors (Lipinski definition) is 8. The zero-order chi connectivity index (χ0) is 19.6. The summed E-state index contributed by atoms with van der Waals surface area (Å²) in [7, 11) is 0. The van der Waals surface area contributed by atoms with E-state index in [0.717, 1.165) is 0 Å². The second kappa shape index (κ2) is 10.9. The first-order chi connectivity index (χ1) is 11.7. The summed E-state index contributed by atoms with van der Waals surface area (Å²) in [5.41, 5.74) is 10.0. The average molecular weight is 363 g/mol. The molecule has 4 amide bonds. The molecule has 0 radical (unpaired) electrons. The SMILES string of the molecule is NCC(=O)N[C@@H](CO)C(=O)N[C@@H](CC(N)=O)C(=O)N[C@@H](CO)C(=O)O. The van der Waals surface area contributed by atoms with E-state index in [0.29, 0.717) is 0 Å². The number of aliphatic carboxylic acids is 1. The van der Waals surface area contributed by atoms with E-state index in [4.69, 9.17) is 26.8 Å². The molecule has 0 rings (SSSR count). The number of carboxylic acids is 1. The first-order valence-electron chi connectivity index (χ1n) is 6.99. The molecule has 0 aromatic carbocycles. The predicted octanol–water partition coefficient (Wildman–Crippen LogP) is -5.66. The number of nitrogens with one attached hydrogen (secondary N) is 3. The lowest BCUT2D eigenvalue weighted by Gasteiger charge is -2.22. The summed E-state index contributed by atoms with van der Waals surface area (Å²) in [4.78, 5) is 57.0. The summed E-state index contributed by atoms with van der Waals surface area (Å²) in [5.74, 6) is -5.40. The molecule has 25 heavy (non-hydrogen) atoms. The molecular weight excluding hydrogens is 342 g/mol. The van der Waals surface area contributed by atoms with Crippen LogP contribution >= 0.6 is 0 Å². The van der Waals surface area contributed by atoms with Crippen molar-refractivity contribution in [2.45, 2.75) is 24.5 Å². The third kappa shape index (κ3) is 8.05. The predicted molar refractivity (Wildman–Crippen MR) is 80.5 cm³/mol. The summed E-state index contributed by atoms with van der Waals surface area (Å²) in [5, 5.41) is 32.8. The van der Waals surface area contributed by atoms with E-state index in [2.05, 4.69) is 10.6 Å². The molecule has 3 atom stereocenters. The van der Waals surface area contributed by atoms with Gasteiger partial charge in [-0.3, -0.25) is 19.2 Å². The Morgan fingerprint density at radius 3 is 1.72 bits per heavy atom. The normalized spacial score (nSPS) is 13.9. The van der Waals surface area contributed by atoms with Gasteiger partial charge < -0.3 is 42.7 Å². The van der Waals surface area contributed by atoms with Gasteiger partial charge in [-0.2, -0.15) is 0 Å². The number of aliphatic hydroxyl groups excluding tert-OH is 2. The quantitative estimate of drug-likeness (QED) is 0.174. The molecule has 0 fully saturated rings. The first kappa shape index (κ1) is 22.2. The lowest BCUT2D eigenvalue weighted by Crippen LogP contribution is -2.58. The number of rotatable bonds is 11. The van der Waals surface area contributed by atoms with Crippen molar-refractivity contribution in [3.63, 3.8) is 0 Å². The number of hydrogen-bond donors (Lipinski definition) is 8. The summed E-state index contributed by atoms with van der Waals surface area (Å²) < 4.78 is 0. The van der Waals surface area contributed by atoms with Gasteiger partial charge in [0.15, 0.2) is 0 Å². The monoisotopic (exact) mass is 363 g/mol. The minimum absolute atomic E-state index is 0.453. The van der Waals surface area contributed by atoms with Gasteiger partial charge in [0, 0.05) is 0 Å². The van der Waals surface area contributed by atoms with Crippen molar-refractivity contribution in [3.05, 3.63) is 0 Å². The Labute approximate surface area is 141 Å². The van der Waals surface area contributed by atoms with Gasteiger partial charge in [-0.1, -0.05) is 0 Å². The molecule has 0 aromatic heterocycles. The average Bonchev–Trinajstić information content (AvgIpc) is 2.55. The van der Waals surface area contributed by atoms with Crippen LogP contribution in [0, 0.1) is 0 Å². The third-order valence-corrected chi connectivity index (χ3v) is 2.86. The molecule has 0 heterocycles.